The van der Waals surface area contributed by atoms with Crippen LogP contribution in [0.4, 0.5) is 0 Å². The van der Waals surface area contributed by atoms with Gasteiger partial charge in [-0.3, -0.25) is 0 Å². The number of carbonyl (C=O) groups is 1. The summed E-state index contributed by atoms with van der Waals surface area (Å²) in [5.74, 6) is -1.09. The molecule has 0 amide bonds. The van der Waals surface area contributed by atoms with Crippen LogP contribution in [0.1, 0.15) is 77.6 Å². The monoisotopic (exact) mass is 246 g/mol. The van der Waals surface area contributed by atoms with Gasteiger partial charge in [0, 0.05) is 0 Å². The zero-order valence-corrected chi connectivity index (χ0v) is 12.2. The summed E-state index contributed by atoms with van der Waals surface area (Å²) < 4.78 is 0. The molecule has 0 saturated carbocycles. The van der Waals surface area contributed by atoms with E-state index in [1.807, 2.05) is 0 Å². The van der Waals surface area contributed by atoms with Crippen molar-refractivity contribution < 1.29 is 28.8 Å². The molecule has 0 aliphatic carbocycles. The number of carboxylic acid groups (broad SMARTS) is 1. The molecule has 0 saturated heterocycles. The SMILES string of the molecule is CCCCCCCCCCCCC=CC(=O)[O-].[Li+]. The smallest absolute Gasteiger partial charge is 0.545 e. The van der Waals surface area contributed by atoms with Crippen LogP contribution in [0.25, 0.3) is 0 Å². The van der Waals surface area contributed by atoms with Crippen LogP contribution in [0.3, 0.4) is 0 Å². The number of aliphatic carboxylic acids is 1. The Morgan fingerprint density at radius 2 is 1.33 bits per heavy atom. The van der Waals surface area contributed by atoms with Gasteiger partial charge in [0.15, 0.2) is 0 Å². The van der Waals surface area contributed by atoms with Crippen LogP contribution in [-0.2, 0) is 4.79 Å². The second-order valence-electron chi connectivity index (χ2n) is 4.69. The van der Waals surface area contributed by atoms with Gasteiger partial charge in [-0.1, -0.05) is 70.8 Å². The van der Waals surface area contributed by atoms with Gasteiger partial charge in [-0.2, -0.15) is 0 Å². The van der Waals surface area contributed by atoms with Crippen LogP contribution < -0.4 is 24.0 Å². The molecule has 0 rings (SSSR count). The van der Waals surface area contributed by atoms with Crippen LogP contribution in [0.5, 0.6) is 0 Å². The minimum atomic E-state index is -1.09. The molecule has 0 radical (unpaired) electrons. The Balaban J connectivity index is 0. The summed E-state index contributed by atoms with van der Waals surface area (Å²) in [6, 6.07) is 0. The number of allylic oxidation sites excluding steroid dienone is 1. The van der Waals surface area contributed by atoms with Crippen molar-refractivity contribution in [3.8, 4) is 0 Å². The number of hydrogen-bond donors (Lipinski definition) is 0. The molecule has 3 heteroatoms. The molecule has 0 aromatic rings. The van der Waals surface area contributed by atoms with Crippen LogP contribution in [0, 0.1) is 0 Å². The van der Waals surface area contributed by atoms with Crippen LogP contribution in [0.2, 0.25) is 0 Å². The minimum absolute atomic E-state index is 0. The average Bonchev–Trinajstić information content (AvgIpc) is 2.30. The van der Waals surface area contributed by atoms with E-state index < -0.39 is 5.97 Å². The summed E-state index contributed by atoms with van der Waals surface area (Å²) in [5.41, 5.74) is 0. The van der Waals surface area contributed by atoms with Crippen molar-refractivity contribution in [3.05, 3.63) is 12.2 Å². The van der Waals surface area contributed by atoms with Crippen molar-refractivity contribution in [3.63, 3.8) is 0 Å². The molecule has 0 heterocycles. The number of carbonyl (C=O) groups excluding carboxylic acids is 1. The molecular weight excluding hydrogens is 219 g/mol. The molecule has 0 spiro atoms. The molecule has 0 N–H and O–H groups in total. The van der Waals surface area contributed by atoms with Gasteiger partial charge in [0.25, 0.3) is 0 Å². The number of hydrogen-bond acceptors (Lipinski definition) is 2. The van der Waals surface area contributed by atoms with Gasteiger partial charge < -0.3 is 9.90 Å². The zero-order valence-electron chi connectivity index (χ0n) is 12.2. The van der Waals surface area contributed by atoms with E-state index in [4.69, 9.17) is 0 Å². The number of unbranched alkanes of at least 4 members (excludes halogenated alkanes) is 10. The van der Waals surface area contributed by atoms with E-state index in [1.165, 1.54) is 57.8 Å². The molecule has 0 aromatic heterocycles. The summed E-state index contributed by atoms with van der Waals surface area (Å²) in [6.07, 6.45) is 16.8. The maximum atomic E-state index is 10.1. The molecule has 0 aliphatic heterocycles. The number of carboxylic acids is 1. The molecule has 0 unspecified atom stereocenters. The van der Waals surface area contributed by atoms with Crippen LogP contribution in [0.15, 0.2) is 12.2 Å². The van der Waals surface area contributed by atoms with E-state index in [-0.39, 0.29) is 18.9 Å². The molecule has 0 atom stereocenters. The first-order valence-electron chi connectivity index (χ1n) is 7.15. The molecular formula is C15H27LiO2. The average molecular weight is 246 g/mol. The summed E-state index contributed by atoms with van der Waals surface area (Å²) in [4.78, 5) is 10.1. The van der Waals surface area contributed by atoms with Gasteiger partial charge in [-0.15, -0.1) is 0 Å². The fourth-order valence-corrected chi connectivity index (χ4v) is 1.93. The van der Waals surface area contributed by atoms with Crippen molar-refractivity contribution in [1.29, 1.82) is 0 Å². The largest absolute Gasteiger partial charge is 1.00 e. The first-order chi connectivity index (χ1) is 8.27. The molecule has 0 fully saturated rings. The van der Waals surface area contributed by atoms with Gasteiger partial charge in [0.2, 0.25) is 0 Å². The van der Waals surface area contributed by atoms with Crippen LogP contribution >= 0.6 is 0 Å². The van der Waals surface area contributed by atoms with Gasteiger partial charge in [0.1, 0.15) is 0 Å². The summed E-state index contributed by atoms with van der Waals surface area (Å²) in [7, 11) is 0. The fraction of sp³-hybridized carbons (Fsp3) is 0.800. The molecule has 2 nitrogen and oxygen atoms in total. The van der Waals surface area contributed by atoms with Crippen LogP contribution in [-0.4, -0.2) is 5.97 Å². The normalized spacial score (nSPS) is 10.5. The summed E-state index contributed by atoms with van der Waals surface area (Å²) in [5, 5.41) is 10.1. The van der Waals surface area contributed by atoms with Gasteiger partial charge in [-0.05, 0) is 18.9 Å². The Bertz CT molecular complexity index is 203. The Labute approximate surface area is 124 Å². The zero-order chi connectivity index (χ0) is 12.8. The molecule has 0 aliphatic rings. The summed E-state index contributed by atoms with van der Waals surface area (Å²) >= 11 is 0. The third-order valence-electron chi connectivity index (χ3n) is 2.98. The van der Waals surface area contributed by atoms with E-state index in [0.717, 1.165) is 18.9 Å². The summed E-state index contributed by atoms with van der Waals surface area (Å²) in [6.45, 7) is 2.24. The van der Waals surface area contributed by atoms with E-state index >= 15 is 0 Å². The van der Waals surface area contributed by atoms with E-state index in [1.54, 1.807) is 6.08 Å². The first kappa shape index (κ1) is 20.1. The number of rotatable bonds is 12. The maximum absolute atomic E-state index is 10.1. The second-order valence-corrected chi connectivity index (χ2v) is 4.69. The van der Waals surface area contributed by atoms with E-state index in [9.17, 15) is 9.90 Å². The van der Waals surface area contributed by atoms with Gasteiger partial charge in [0.05, 0.1) is 5.97 Å². The van der Waals surface area contributed by atoms with E-state index in [2.05, 4.69) is 6.92 Å². The maximum Gasteiger partial charge on any atom is 1.00 e. The predicted molar refractivity (Wildman–Crippen MR) is 70.6 cm³/mol. The predicted octanol–water partition coefficient (Wildman–Crippen LogP) is 0.608. The Morgan fingerprint density at radius 1 is 0.889 bits per heavy atom. The Morgan fingerprint density at radius 3 is 1.78 bits per heavy atom. The molecule has 0 bridgehead atoms. The quantitative estimate of drug-likeness (QED) is 0.287. The van der Waals surface area contributed by atoms with Gasteiger partial charge >= 0.3 is 18.9 Å². The van der Waals surface area contributed by atoms with Crippen molar-refractivity contribution in [1.82, 2.24) is 0 Å². The van der Waals surface area contributed by atoms with Gasteiger partial charge in [-0.25, -0.2) is 0 Å². The first-order valence-corrected chi connectivity index (χ1v) is 7.15. The van der Waals surface area contributed by atoms with Crippen molar-refractivity contribution in [2.24, 2.45) is 0 Å². The fourth-order valence-electron chi connectivity index (χ4n) is 1.93. The van der Waals surface area contributed by atoms with E-state index in [0.29, 0.717) is 0 Å². The Hall–Kier alpha value is -0.193. The third kappa shape index (κ3) is 18.2. The minimum Gasteiger partial charge on any atom is -0.545 e. The second kappa shape index (κ2) is 16.8. The molecule has 100 valence electrons. The topological polar surface area (TPSA) is 40.1 Å². The Kier molecular flexibility index (Phi) is 18.8. The molecule has 18 heavy (non-hydrogen) atoms. The molecule has 0 aromatic carbocycles. The van der Waals surface area contributed by atoms with Crippen molar-refractivity contribution in [2.75, 3.05) is 0 Å². The standard InChI is InChI=1S/C15H28O2.Li/c1-2-3-4-5-6-7-8-9-10-11-12-13-14-15(16)17;/h13-14H,2-12H2,1H3,(H,16,17);/q;+1/p-1. The van der Waals surface area contributed by atoms with Crippen molar-refractivity contribution in [2.45, 2.75) is 77.6 Å². The van der Waals surface area contributed by atoms with Crippen molar-refractivity contribution >= 4 is 5.97 Å². The third-order valence-corrected chi connectivity index (χ3v) is 2.98.